The van der Waals surface area contributed by atoms with Crippen molar-refractivity contribution in [2.75, 3.05) is 25.0 Å². The third-order valence-corrected chi connectivity index (χ3v) is 8.55. The minimum Gasteiger partial charge on any atom is -0.465 e. The first-order valence-electron chi connectivity index (χ1n) is 11.4. The Morgan fingerprint density at radius 3 is 2.42 bits per heavy atom. The lowest BCUT2D eigenvalue weighted by atomic mass is 10.2. The number of anilines is 1. The monoisotopic (exact) mass is 530 g/mol. The van der Waals surface area contributed by atoms with Crippen LogP contribution in [0.25, 0.3) is 10.2 Å². The molecule has 0 saturated carbocycles. The van der Waals surface area contributed by atoms with Gasteiger partial charge in [-0.2, -0.15) is 9.30 Å². The van der Waals surface area contributed by atoms with E-state index in [4.69, 9.17) is 4.74 Å². The standard InChI is InChI=1S/C24H26N4O6S2/c1-3-34-22(30)15-28-20-11-8-18(25-16(2)29)14-21(20)35-24(28)26-23(31)17-6-9-19(10-7-17)36(32,33)27-12-4-5-13-27/h6-11,14H,3-5,12-13,15H2,1-2H3,(H,25,29). The van der Waals surface area contributed by atoms with Crippen molar-refractivity contribution in [3.05, 3.63) is 52.8 Å². The molecule has 4 rings (SSSR count). The minimum atomic E-state index is -3.59. The van der Waals surface area contributed by atoms with Crippen molar-refractivity contribution in [3.8, 4) is 0 Å². The minimum absolute atomic E-state index is 0.130. The molecular formula is C24H26N4O6S2. The summed E-state index contributed by atoms with van der Waals surface area (Å²) in [5.41, 5.74) is 1.45. The summed E-state index contributed by atoms with van der Waals surface area (Å²) in [7, 11) is -3.59. The molecular weight excluding hydrogens is 504 g/mol. The average Bonchev–Trinajstić information content (AvgIpc) is 3.48. The number of aromatic nitrogens is 1. The number of rotatable bonds is 7. The second-order valence-corrected chi connectivity index (χ2v) is 11.1. The van der Waals surface area contributed by atoms with Crippen molar-refractivity contribution in [1.29, 1.82) is 0 Å². The Morgan fingerprint density at radius 2 is 1.78 bits per heavy atom. The first kappa shape index (κ1) is 25.7. The predicted octanol–water partition coefficient (Wildman–Crippen LogP) is 2.75. The number of hydrogen-bond acceptors (Lipinski definition) is 7. The van der Waals surface area contributed by atoms with Crippen molar-refractivity contribution < 1.29 is 27.5 Å². The van der Waals surface area contributed by atoms with E-state index in [2.05, 4.69) is 10.3 Å². The van der Waals surface area contributed by atoms with Crippen LogP contribution in [0.2, 0.25) is 0 Å². The highest BCUT2D eigenvalue weighted by Crippen LogP contribution is 2.23. The van der Waals surface area contributed by atoms with Gasteiger partial charge in [0.1, 0.15) is 6.54 Å². The zero-order valence-electron chi connectivity index (χ0n) is 19.9. The summed E-state index contributed by atoms with van der Waals surface area (Å²) in [5, 5.41) is 2.71. The molecule has 2 heterocycles. The van der Waals surface area contributed by atoms with Crippen molar-refractivity contribution in [1.82, 2.24) is 8.87 Å². The third-order valence-electron chi connectivity index (χ3n) is 5.60. The van der Waals surface area contributed by atoms with Gasteiger partial charge in [-0.25, -0.2) is 8.42 Å². The summed E-state index contributed by atoms with van der Waals surface area (Å²) >= 11 is 1.19. The van der Waals surface area contributed by atoms with E-state index in [-0.39, 0.29) is 34.3 Å². The number of carbonyl (C=O) groups is 3. The van der Waals surface area contributed by atoms with E-state index in [1.54, 1.807) is 29.7 Å². The molecule has 0 aliphatic carbocycles. The molecule has 1 fully saturated rings. The number of nitrogens with zero attached hydrogens (tertiary/aromatic N) is 3. The normalized spacial score (nSPS) is 14.8. The van der Waals surface area contributed by atoms with E-state index in [1.165, 1.54) is 46.8 Å². The predicted molar refractivity (Wildman–Crippen MR) is 135 cm³/mol. The van der Waals surface area contributed by atoms with Gasteiger partial charge < -0.3 is 14.6 Å². The van der Waals surface area contributed by atoms with Crippen LogP contribution in [0.4, 0.5) is 5.69 Å². The lowest BCUT2D eigenvalue weighted by Crippen LogP contribution is -2.27. The van der Waals surface area contributed by atoms with E-state index in [0.29, 0.717) is 29.0 Å². The second kappa shape index (κ2) is 10.7. The quantitative estimate of drug-likeness (QED) is 0.468. The smallest absolute Gasteiger partial charge is 0.326 e. The van der Waals surface area contributed by atoms with Crippen LogP contribution in [-0.2, 0) is 30.9 Å². The van der Waals surface area contributed by atoms with Crippen LogP contribution in [0.5, 0.6) is 0 Å². The topological polar surface area (TPSA) is 127 Å². The number of hydrogen-bond donors (Lipinski definition) is 1. The molecule has 12 heteroatoms. The van der Waals surface area contributed by atoms with E-state index in [9.17, 15) is 22.8 Å². The lowest BCUT2D eigenvalue weighted by Gasteiger charge is -2.15. The van der Waals surface area contributed by atoms with Crippen molar-refractivity contribution in [2.24, 2.45) is 4.99 Å². The summed E-state index contributed by atoms with van der Waals surface area (Å²) in [6.45, 7) is 4.17. The highest BCUT2D eigenvalue weighted by atomic mass is 32.2. The van der Waals surface area contributed by atoms with E-state index in [1.807, 2.05) is 0 Å². The summed E-state index contributed by atoms with van der Waals surface area (Å²) in [6.07, 6.45) is 1.67. The average molecular weight is 531 g/mol. The fourth-order valence-corrected chi connectivity index (χ4v) is 6.51. The van der Waals surface area contributed by atoms with Crippen molar-refractivity contribution in [2.45, 2.75) is 38.1 Å². The Labute approximate surface area is 212 Å². The first-order chi connectivity index (χ1) is 17.2. The molecule has 0 radical (unpaired) electrons. The molecule has 1 aromatic heterocycles. The molecule has 1 aliphatic heterocycles. The number of nitrogens with one attached hydrogen (secondary N) is 1. The number of benzene rings is 2. The zero-order valence-corrected chi connectivity index (χ0v) is 21.5. The van der Waals surface area contributed by atoms with Gasteiger partial charge >= 0.3 is 5.97 Å². The Kier molecular flexibility index (Phi) is 7.67. The van der Waals surface area contributed by atoms with Crippen LogP contribution in [0.3, 0.4) is 0 Å². The maximum atomic E-state index is 13.0. The molecule has 190 valence electrons. The Morgan fingerprint density at radius 1 is 1.08 bits per heavy atom. The number of amides is 2. The van der Waals surface area contributed by atoms with Crippen molar-refractivity contribution >= 4 is 55.0 Å². The molecule has 2 aromatic carbocycles. The molecule has 1 N–H and O–H groups in total. The summed E-state index contributed by atoms with van der Waals surface area (Å²) in [4.78, 5) is 41.3. The van der Waals surface area contributed by atoms with Crippen LogP contribution >= 0.6 is 11.3 Å². The van der Waals surface area contributed by atoms with Gasteiger partial charge in [-0.1, -0.05) is 11.3 Å². The van der Waals surface area contributed by atoms with Gasteiger partial charge in [0, 0.05) is 31.3 Å². The van der Waals surface area contributed by atoms with Gasteiger partial charge in [-0.3, -0.25) is 14.4 Å². The highest BCUT2D eigenvalue weighted by molar-refractivity contribution is 7.89. The Hall–Kier alpha value is -3.35. The van der Waals surface area contributed by atoms with Crippen LogP contribution in [0.1, 0.15) is 37.0 Å². The van der Waals surface area contributed by atoms with Crippen LogP contribution in [0.15, 0.2) is 52.4 Å². The van der Waals surface area contributed by atoms with E-state index < -0.39 is 21.9 Å². The SMILES string of the molecule is CCOC(=O)Cn1c(=NC(=O)c2ccc(S(=O)(=O)N3CCCC3)cc2)sc2cc(NC(C)=O)ccc21. The zero-order chi connectivity index (χ0) is 25.9. The molecule has 10 nitrogen and oxygen atoms in total. The molecule has 0 atom stereocenters. The molecule has 0 unspecified atom stereocenters. The highest BCUT2D eigenvalue weighted by Gasteiger charge is 2.27. The molecule has 36 heavy (non-hydrogen) atoms. The lowest BCUT2D eigenvalue weighted by molar-refractivity contribution is -0.143. The second-order valence-electron chi connectivity index (χ2n) is 8.19. The number of sulfonamides is 1. The third kappa shape index (κ3) is 5.55. The molecule has 0 bridgehead atoms. The largest absolute Gasteiger partial charge is 0.465 e. The van der Waals surface area contributed by atoms with Crippen molar-refractivity contribution in [3.63, 3.8) is 0 Å². The van der Waals surface area contributed by atoms with Crippen LogP contribution in [0, 0.1) is 0 Å². The summed E-state index contributed by atoms with van der Waals surface area (Å²) in [6, 6.07) is 10.9. The van der Waals surface area contributed by atoms with Gasteiger partial charge in [0.2, 0.25) is 15.9 Å². The molecule has 0 spiro atoms. The Bertz CT molecular complexity index is 1480. The van der Waals surface area contributed by atoms with E-state index in [0.717, 1.165) is 12.8 Å². The van der Waals surface area contributed by atoms with E-state index >= 15 is 0 Å². The molecule has 1 saturated heterocycles. The first-order valence-corrected chi connectivity index (χ1v) is 13.7. The number of esters is 1. The van der Waals surface area contributed by atoms with Gasteiger partial charge in [0.15, 0.2) is 4.80 Å². The fourth-order valence-electron chi connectivity index (χ4n) is 3.93. The van der Waals surface area contributed by atoms with Crippen LogP contribution in [-0.4, -0.2) is 54.8 Å². The number of carbonyl (C=O) groups excluding carboxylic acids is 3. The molecule has 1 aliphatic rings. The van der Waals surface area contributed by atoms with Gasteiger partial charge in [0.25, 0.3) is 5.91 Å². The van der Waals surface area contributed by atoms with Crippen LogP contribution < -0.4 is 10.1 Å². The number of fused-ring (bicyclic) bond motifs is 1. The molecule has 2 amide bonds. The summed E-state index contributed by atoms with van der Waals surface area (Å²) < 4.78 is 34.3. The van der Waals surface area contributed by atoms with Gasteiger partial charge in [0.05, 0.1) is 21.7 Å². The number of ether oxygens (including phenoxy) is 1. The van der Waals surface area contributed by atoms with Gasteiger partial charge in [-0.05, 0) is 62.2 Å². The number of thiazole rings is 1. The molecule has 3 aromatic rings. The Balaban J connectivity index is 1.69. The van der Waals surface area contributed by atoms with Gasteiger partial charge in [-0.15, -0.1) is 0 Å². The fraction of sp³-hybridized carbons (Fsp3) is 0.333. The summed E-state index contributed by atoms with van der Waals surface area (Å²) in [5.74, 6) is -1.28. The maximum absolute atomic E-state index is 13.0. The maximum Gasteiger partial charge on any atom is 0.326 e.